The van der Waals surface area contributed by atoms with Gasteiger partial charge < -0.3 is 20.1 Å². The van der Waals surface area contributed by atoms with Crippen LogP contribution < -0.4 is 5.73 Å². The number of aromatic nitrogens is 2. The number of hydrogen-bond acceptors (Lipinski definition) is 11. The van der Waals surface area contributed by atoms with Crippen LogP contribution in [0.1, 0.15) is 30.6 Å². The van der Waals surface area contributed by atoms with Gasteiger partial charge in [0.25, 0.3) is 5.91 Å². The van der Waals surface area contributed by atoms with Crippen LogP contribution in [0.25, 0.3) is 0 Å². The monoisotopic (exact) mass is 460 g/mol. The molecule has 0 unspecified atom stereocenters. The SMILES string of the molecule is CCOC(=O)c1cnc(SCC(=O)OCC(=O)N(CC)[C@@H]2CCS(=O)(=O)C2)nc1N. The van der Waals surface area contributed by atoms with Gasteiger partial charge in [0.2, 0.25) is 0 Å². The van der Waals surface area contributed by atoms with E-state index >= 15 is 0 Å². The molecule has 2 rings (SSSR count). The third-order valence-corrected chi connectivity index (χ3v) is 6.86. The maximum atomic E-state index is 12.3. The van der Waals surface area contributed by atoms with E-state index in [1.54, 1.807) is 13.8 Å². The number of nitrogen functional groups attached to an aromatic ring is 1. The standard InChI is InChI=1S/C17H24N4O7S2/c1-3-21(11-5-6-30(25,26)10-11)13(22)8-28-14(23)9-29-17-19-7-12(15(18)20-17)16(24)27-4-2/h7,11H,3-6,8-10H2,1-2H3,(H2,18,19,20)/t11-/m1/s1. The number of sulfone groups is 1. The lowest BCUT2D eigenvalue weighted by Crippen LogP contribution is -2.43. The molecule has 30 heavy (non-hydrogen) atoms. The second-order valence-corrected chi connectivity index (χ2v) is 9.53. The van der Waals surface area contributed by atoms with Gasteiger partial charge in [0.05, 0.1) is 23.9 Å². The summed E-state index contributed by atoms with van der Waals surface area (Å²) in [6.07, 6.45) is 1.60. The summed E-state index contributed by atoms with van der Waals surface area (Å²) in [5.41, 5.74) is 5.74. The summed E-state index contributed by atoms with van der Waals surface area (Å²) in [4.78, 5) is 45.2. The van der Waals surface area contributed by atoms with Crippen LogP contribution in [0.3, 0.4) is 0 Å². The first-order valence-corrected chi connectivity index (χ1v) is 12.1. The molecule has 1 amide bonds. The highest BCUT2D eigenvalue weighted by Gasteiger charge is 2.34. The molecular weight excluding hydrogens is 436 g/mol. The van der Waals surface area contributed by atoms with E-state index in [9.17, 15) is 22.8 Å². The fourth-order valence-corrected chi connectivity index (χ4v) is 5.21. The van der Waals surface area contributed by atoms with Gasteiger partial charge >= 0.3 is 11.9 Å². The summed E-state index contributed by atoms with van der Waals surface area (Å²) < 4.78 is 33.0. The Morgan fingerprint density at radius 1 is 1.30 bits per heavy atom. The van der Waals surface area contributed by atoms with E-state index in [1.807, 2.05) is 0 Å². The molecule has 13 heteroatoms. The Bertz CT molecular complexity index is 907. The van der Waals surface area contributed by atoms with E-state index in [0.717, 1.165) is 11.8 Å². The molecule has 1 aliphatic heterocycles. The summed E-state index contributed by atoms with van der Waals surface area (Å²) in [5, 5.41) is 0.162. The van der Waals surface area contributed by atoms with Crippen LogP contribution in [0, 0.1) is 0 Å². The molecule has 1 aromatic rings. The van der Waals surface area contributed by atoms with Crippen LogP contribution in [0.2, 0.25) is 0 Å². The molecule has 2 heterocycles. The van der Waals surface area contributed by atoms with Gasteiger partial charge in [0.15, 0.2) is 21.6 Å². The number of ether oxygens (including phenoxy) is 2. The third kappa shape index (κ3) is 6.55. The van der Waals surface area contributed by atoms with Crippen molar-refractivity contribution in [1.82, 2.24) is 14.9 Å². The smallest absolute Gasteiger partial charge is 0.343 e. The Hall–Kier alpha value is -2.41. The molecule has 11 nitrogen and oxygen atoms in total. The van der Waals surface area contributed by atoms with Crippen LogP contribution in [0.5, 0.6) is 0 Å². The van der Waals surface area contributed by atoms with Crippen molar-refractivity contribution < 1.29 is 32.3 Å². The van der Waals surface area contributed by atoms with Crippen molar-refractivity contribution in [2.24, 2.45) is 0 Å². The van der Waals surface area contributed by atoms with Crippen molar-refractivity contribution in [3.63, 3.8) is 0 Å². The van der Waals surface area contributed by atoms with Crippen LogP contribution >= 0.6 is 11.8 Å². The zero-order chi connectivity index (χ0) is 22.3. The van der Waals surface area contributed by atoms with Gasteiger partial charge in [0.1, 0.15) is 11.4 Å². The van der Waals surface area contributed by atoms with Crippen molar-refractivity contribution in [2.45, 2.75) is 31.5 Å². The summed E-state index contributed by atoms with van der Waals surface area (Å²) in [7, 11) is -3.13. The molecule has 1 atom stereocenters. The molecule has 0 aliphatic carbocycles. The molecule has 0 spiro atoms. The molecule has 1 aromatic heterocycles. The van der Waals surface area contributed by atoms with Crippen molar-refractivity contribution in [3.8, 4) is 0 Å². The average molecular weight is 461 g/mol. The first-order chi connectivity index (χ1) is 14.2. The minimum absolute atomic E-state index is 0.0305. The number of thioether (sulfide) groups is 1. The molecular formula is C17H24N4O7S2. The molecule has 0 bridgehead atoms. The highest BCUT2D eigenvalue weighted by molar-refractivity contribution is 7.99. The molecule has 2 N–H and O–H groups in total. The molecule has 1 fully saturated rings. The van der Waals surface area contributed by atoms with Gasteiger partial charge in [0, 0.05) is 18.8 Å². The molecule has 1 saturated heterocycles. The average Bonchev–Trinajstić information content (AvgIpc) is 3.04. The predicted octanol–water partition coefficient (Wildman–Crippen LogP) is -0.0936. The van der Waals surface area contributed by atoms with Gasteiger partial charge in [-0.2, -0.15) is 0 Å². The minimum atomic E-state index is -3.13. The van der Waals surface area contributed by atoms with Gasteiger partial charge in [-0.25, -0.2) is 23.2 Å². The van der Waals surface area contributed by atoms with E-state index < -0.39 is 40.3 Å². The van der Waals surface area contributed by atoms with Crippen molar-refractivity contribution in [1.29, 1.82) is 0 Å². The second-order valence-electron chi connectivity index (χ2n) is 6.36. The zero-order valence-corrected chi connectivity index (χ0v) is 18.3. The number of hydrogen-bond donors (Lipinski definition) is 1. The second kappa shape index (κ2) is 10.6. The van der Waals surface area contributed by atoms with Crippen molar-refractivity contribution in [3.05, 3.63) is 11.8 Å². The van der Waals surface area contributed by atoms with Gasteiger partial charge in [-0.1, -0.05) is 11.8 Å². The largest absolute Gasteiger partial charge is 0.462 e. The van der Waals surface area contributed by atoms with Gasteiger partial charge in [-0.15, -0.1) is 0 Å². The number of likely N-dealkylation sites (N-methyl/N-ethyl adjacent to an activating group) is 1. The van der Waals surface area contributed by atoms with Gasteiger partial charge in [-0.05, 0) is 20.3 Å². The fraction of sp³-hybridized carbons (Fsp3) is 0.588. The Balaban J connectivity index is 1.82. The van der Waals surface area contributed by atoms with E-state index in [1.165, 1.54) is 11.1 Å². The predicted molar refractivity (Wildman–Crippen MR) is 109 cm³/mol. The topological polar surface area (TPSA) is 159 Å². The Kier molecular flexibility index (Phi) is 8.41. The lowest BCUT2D eigenvalue weighted by molar-refractivity contribution is -0.150. The number of amides is 1. The third-order valence-electron chi connectivity index (χ3n) is 4.28. The van der Waals surface area contributed by atoms with E-state index in [4.69, 9.17) is 15.2 Å². The van der Waals surface area contributed by atoms with E-state index in [-0.39, 0.29) is 40.4 Å². The summed E-state index contributed by atoms with van der Waals surface area (Å²) in [6.45, 7) is 3.43. The number of esters is 2. The highest BCUT2D eigenvalue weighted by Crippen LogP contribution is 2.19. The number of carbonyl (C=O) groups is 3. The number of carbonyl (C=O) groups excluding carboxylic acids is 3. The fourth-order valence-electron chi connectivity index (χ4n) is 2.86. The maximum absolute atomic E-state index is 12.3. The number of nitrogens with zero attached hydrogens (tertiary/aromatic N) is 3. The molecule has 0 radical (unpaired) electrons. The molecule has 0 saturated carbocycles. The quantitative estimate of drug-likeness (QED) is 0.298. The molecule has 0 aromatic carbocycles. The molecule has 1 aliphatic rings. The van der Waals surface area contributed by atoms with E-state index in [2.05, 4.69) is 9.97 Å². The highest BCUT2D eigenvalue weighted by atomic mass is 32.2. The lowest BCUT2D eigenvalue weighted by atomic mass is 10.2. The van der Waals surface area contributed by atoms with Crippen LogP contribution in [0.15, 0.2) is 11.4 Å². The Morgan fingerprint density at radius 3 is 2.60 bits per heavy atom. The van der Waals surface area contributed by atoms with Crippen LogP contribution in [-0.2, 0) is 28.9 Å². The summed E-state index contributed by atoms with van der Waals surface area (Å²) in [6, 6.07) is -0.394. The van der Waals surface area contributed by atoms with Crippen molar-refractivity contribution in [2.75, 3.05) is 42.8 Å². The summed E-state index contributed by atoms with van der Waals surface area (Å²) >= 11 is 0.934. The van der Waals surface area contributed by atoms with E-state index in [0.29, 0.717) is 13.0 Å². The Morgan fingerprint density at radius 2 is 2.03 bits per heavy atom. The first kappa shape index (κ1) is 23.9. The summed E-state index contributed by atoms with van der Waals surface area (Å²) in [5.74, 6) is -2.01. The minimum Gasteiger partial charge on any atom is -0.462 e. The maximum Gasteiger partial charge on any atom is 0.343 e. The van der Waals surface area contributed by atoms with Crippen molar-refractivity contribution >= 4 is 45.3 Å². The Labute approximate surface area is 178 Å². The molecule has 166 valence electrons. The van der Waals surface area contributed by atoms with Crippen LogP contribution in [-0.4, -0.2) is 84.2 Å². The van der Waals surface area contributed by atoms with Gasteiger partial charge in [-0.3, -0.25) is 9.59 Å². The first-order valence-electron chi connectivity index (χ1n) is 9.24. The number of rotatable bonds is 9. The van der Waals surface area contributed by atoms with Crippen LogP contribution in [0.4, 0.5) is 5.82 Å². The lowest BCUT2D eigenvalue weighted by Gasteiger charge is -2.26. The zero-order valence-electron chi connectivity index (χ0n) is 16.7. The number of anilines is 1. The normalized spacial score (nSPS) is 17.3. The number of nitrogens with two attached hydrogens (primary N) is 1.